The van der Waals surface area contributed by atoms with Crippen molar-refractivity contribution in [1.29, 1.82) is 0 Å². The number of aromatic nitrogens is 1. The molecular weight excluding hydrogens is 420 g/mol. The number of carbonyl (C=O) groups excluding carboxylic acids is 1. The average Bonchev–Trinajstić information content (AvgIpc) is 2.80. The molecule has 0 saturated heterocycles. The molecule has 32 heavy (non-hydrogen) atoms. The Morgan fingerprint density at radius 3 is 2.50 bits per heavy atom. The summed E-state index contributed by atoms with van der Waals surface area (Å²) in [5.41, 5.74) is 3.30. The van der Waals surface area contributed by atoms with Crippen LogP contribution in [0.5, 0.6) is 11.5 Å². The first-order valence-electron chi connectivity index (χ1n) is 10.2. The van der Waals surface area contributed by atoms with Crippen LogP contribution >= 0.6 is 11.6 Å². The number of fused-ring (bicyclic) bond motifs is 2. The van der Waals surface area contributed by atoms with Crippen LogP contribution in [0.3, 0.4) is 0 Å². The lowest BCUT2D eigenvalue weighted by atomic mass is 10.1. The Bertz CT molecular complexity index is 1460. The monoisotopic (exact) mass is 438 g/mol. The second-order valence-corrected chi connectivity index (χ2v) is 8.05. The molecule has 0 atom stereocenters. The number of ether oxygens (including phenoxy) is 1. The Labute approximate surface area is 190 Å². The molecule has 5 heteroatoms. The van der Waals surface area contributed by atoms with Crippen LogP contribution in [-0.4, -0.2) is 10.9 Å². The fourth-order valence-corrected chi connectivity index (χ4v) is 3.75. The lowest BCUT2D eigenvalue weighted by Crippen LogP contribution is -2.11. The van der Waals surface area contributed by atoms with Gasteiger partial charge in [0.15, 0.2) is 0 Å². The molecule has 0 saturated carbocycles. The van der Waals surface area contributed by atoms with Crippen LogP contribution in [0, 0.1) is 6.92 Å². The van der Waals surface area contributed by atoms with Gasteiger partial charge < -0.3 is 10.1 Å². The van der Waals surface area contributed by atoms with Crippen molar-refractivity contribution in [3.63, 3.8) is 0 Å². The number of anilines is 1. The number of amides is 1. The summed E-state index contributed by atoms with van der Waals surface area (Å²) < 4.78 is 6.14. The number of nitrogens with zero attached hydrogens (tertiary/aromatic N) is 1. The number of hydrogen-bond acceptors (Lipinski definition) is 3. The van der Waals surface area contributed by atoms with Gasteiger partial charge in [0, 0.05) is 27.9 Å². The number of halogens is 1. The molecule has 0 unspecified atom stereocenters. The Morgan fingerprint density at radius 2 is 1.66 bits per heavy atom. The van der Waals surface area contributed by atoms with Crippen LogP contribution in [0.15, 0.2) is 91.1 Å². The summed E-state index contributed by atoms with van der Waals surface area (Å²) in [6.07, 6.45) is 1.70. The molecule has 0 bridgehead atoms. The van der Waals surface area contributed by atoms with Crippen LogP contribution in [0.4, 0.5) is 5.69 Å². The minimum absolute atomic E-state index is 0.141. The summed E-state index contributed by atoms with van der Waals surface area (Å²) in [6, 6.07) is 26.5. The second-order valence-electron chi connectivity index (χ2n) is 7.62. The van der Waals surface area contributed by atoms with Crippen molar-refractivity contribution in [2.45, 2.75) is 6.92 Å². The third-order valence-electron chi connectivity index (χ3n) is 5.28. The quantitative estimate of drug-likeness (QED) is 0.318. The minimum Gasteiger partial charge on any atom is -0.457 e. The van der Waals surface area contributed by atoms with Gasteiger partial charge in [0.2, 0.25) is 0 Å². The summed E-state index contributed by atoms with van der Waals surface area (Å²) in [7, 11) is 0. The molecular formula is C27H19ClN2O2. The standard InChI is InChI=1S/C27H19ClN2O2/c1-17-2-8-22(9-3-17)30-27(31)20-5-4-19-15-23(10-6-18(19)14-20)32-26-12-13-29-25-16-21(28)7-11-24(25)26/h2-16H,1H3,(H,30,31). The van der Waals surface area contributed by atoms with E-state index >= 15 is 0 Å². The summed E-state index contributed by atoms with van der Waals surface area (Å²) in [4.78, 5) is 17.0. The summed E-state index contributed by atoms with van der Waals surface area (Å²) in [6.45, 7) is 2.01. The van der Waals surface area contributed by atoms with Gasteiger partial charge in [0.25, 0.3) is 5.91 Å². The smallest absolute Gasteiger partial charge is 0.255 e. The zero-order valence-corrected chi connectivity index (χ0v) is 18.1. The van der Waals surface area contributed by atoms with E-state index in [1.165, 1.54) is 0 Å². The first kappa shape index (κ1) is 20.0. The highest BCUT2D eigenvalue weighted by atomic mass is 35.5. The Morgan fingerprint density at radius 1 is 0.875 bits per heavy atom. The summed E-state index contributed by atoms with van der Waals surface area (Å²) >= 11 is 6.07. The zero-order valence-electron chi connectivity index (χ0n) is 17.3. The number of pyridine rings is 1. The number of nitrogens with one attached hydrogen (secondary N) is 1. The number of benzene rings is 4. The molecule has 1 heterocycles. The Balaban J connectivity index is 1.39. The molecule has 0 aliphatic rings. The van der Waals surface area contributed by atoms with Gasteiger partial charge in [-0.2, -0.15) is 0 Å². The van der Waals surface area contributed by atoms with E-state index in [1.54, 1.807) is 6.20 Å². The van der Waals surface area contributed by atoms with Gasteiger partial charge in [-0.15, -0.1) is 0 Å². The van der Waals surface area contributed by atoms with Crippen molar-refractivity contribution >= 4 is 44.9 Å². The number of aryl methyl sites for hydroxylation is 1. The van der Waals surface area contributed by atoms with Crippen LogP contribution < -0.4 is 10.1 Å². The van der Waals surface area contributed by atoms with Crippen LogP contribution in [0.25, 0.3) is 21.7 Å². The lowest BCUT2D eigenvalue weighted by molar-refractivity contribution is 0.102. The van der Waals surface area contributed by atoms with E-state index in [-0.39, 0.29) is 5.91 Å². The maximum atomic E-state index is 12.6. The molecule has 4 nitrogen and oxygen atoms in total. The normalized spacial score (nSPS) is 10.9. The highest BCUT2D eigenvalue weighted by Gasteiger charge is 2.09. The van der Waals surface area contributed by atoms with Crippen LogP contribution in [0.2, 0.25) is 5.02 Å². The molecule has 0 fully saturated rings. The van der Waals surface area contributed by atoms with Crippen molar-refractivity contribution in [2.75, 3.05) is 5.32 Å². The molecule has 1 aromatic heterocycles. The van der Waals surface area contributed by atoms with Crippen molar-refractivity contribution in [3.8, 4) is 11.5 Å². The van der Waals surface area contributed by atoms with E-state index in [0.29, 0.717) is 22.1 Å². The highest BCUT2D eigenvalue weighted by Crippen LogP contribution is 2.32. The fourth-order valence-electron chi connectivity index (χ4n) is 3.58. The van der Waals surface area contributed by atoms with Gasteiger partial charge in [-0.05, 0) is 78.4 Å². The maximum absolute atomic E-state index is 12.6. The van der Waals surface area contributed by atoms with Crippen LogP contribution in [-0.2, 0) is 0 Å². The van der Waals surface area contributed by atoms with Gasteiger partial charge >= 0.3 is 0 Å². The molecule has 0 aliphatic carbocycles. The SMILES string of the molecule is Cc1ccc(NC(=O)c2ccc3cc(Oc4ccnc5cc(Cl)ccc45)ccc3c2)cc1. The number of carbonyl (C=O) groups is 1. The molecule has 0 radical (unpaired) electrons. The van der Waals surface area contributed by atoms with E-state index < -0.39 is 0 Å². The zero-order chi connectivity index (χ0) is 22.1. The third-order valence-corrected chi connectivity index (χ3v) is 5.51. The Kier molecular flexibility index (Phi) is 5.21. The minimum atomic E-state index is -0.141. The van der Waals surface area contributed by atoms with Gasteiger partial charge in [-0.3, -0.25) is 9.78 Å². The third kappa shape index (κ3) is 4.13. The highest BCUT2D eigenvalue weighted by molar-refractivity contribution is 6.31. The van der Waals surface area contributed by atoms with E-state index in [0.717, 1.165) is 32.9 Å². The van der Waals surface area contributed by atoms with Gasteiger partial charge in [-0.25, -0.2) is 0 Å². The maximum Gasteiger partial charge on any atom is 0.255 e. The van der Waals surface area contributed by atoms with E-state index in [4.69, 9.17) is 16.3 Å². The molecule has 0 aliphatic heterocycles. The molecule has 156 valence electrons. The first-order chi connectivity index (χ1) is 15.5. The molecule has 4 aromatic carbocycles. The van der Waals surface area contributed by atoms with Gasteiger partial charge in [0.1, 0.15) is 11.5 Å². The fraction of sp³-hybridized carbons (Fsp3) is 0.0370. The molecule has 5 aromatic rings. The average molecular weight is 439 g/mol. The number of hydrogen-bond donors (Lipinski definition) is 1. The van der Waals surface area contributed by atoms with Gasteiger partial charge in [-0.1, -0.05) is 41.4 Å². The predicted molar refractivity (Wildman–Crippen MR) is 130 cm³/mol. The molecule has 5 rings (SSSR count). The first-order valence-corrected chi connectivity index (χ1v) is 10.6. The van der Waals surface area contributed by atoms with Gasteiger partial charge in [0.05, 0.1) is 5.52 Å². The van der Waals surface area contributed by atoms with Crippen molar-refractivity contribution in [3.05, 3.63) is 107 Å². The topological polar surface area (TPSA) is 51.2 Å². The van der Waals surface area contributed by atoms with E-state index in [1.807, 2.05) is 91.9 Å². The summed E-state index contributed by atoms with van der Waals surface area (Å²) in [5.74, 6) is 1.27. The second kappa shape index (κ2) is 8.33. The Hall–Kier alpha value is -3.89. The lowest BCUT2D eigenvalue weighted by Gasteiger charge is -2.10. The van der Waals surface area contributed by atoms with Crippen LogP contribution in [0.1, 0.15) is 15.9 Å². The van der Waals surface area contributed by atoms with Crippen molar-refractivity contribution in [2.24, 2.45) is 0 Å². The largest absolute Gasteiger partial charge is 0.457 e. The predicted octanol–water partition coefficient (Wildman–Crippen LogP) is 7.39. The number of rotatable bonds is 4. The van der Waals surface area contributed by atoms with Crippen molar-refractivity contribution < 1.29 is 9.53 Å². The molecule has 1 amide bonds. The van der Waals surface area contributed by atoms with E-state index in [9.17, 15) is 4.79 Å². The molecule has 1 N–H and O–H groups in total. The molecule has 0 spiro atoms. The van der Waals surface area contributed by atoms with E-state index in [2.05, 4.69) is 10.3 Å². The van der Waals surface area contributed by atoms with Crippen molar-refractivity contribution in [1.82, 2.24) is 4.98 Å². The summed E-state index contributed by atoms with van der Waals surface area (Å²) in [5, 5.41) is 6.40.